The number of hydrogen-bond donors (Lipinski definition) is 2. The first-order chi connectivity index (χ1) is 14.0. The summed E-state index contributed by atoms with van der Waals surface area (Å²) in [6, 6.07) is 17.9. The fourth-order valence-electron chi connectivity index (χ4n) is 2.56. The summed E-state index contributed by atoms with van der Waals surface area (Å²) in [5.74, 6) is 1.01. The first-order valence-corrected chi connectivity index (χ1v) is 9.04. The van der Waals surface area contributed by atoms with Crippen molar-refractivity contribution in [2.24, 2.45) is 0 Å². The number of carbonyl (C=O) groups excluding carboxylic acids is 2. The lowest BCUT2D eigenvalue weighted by Gasteiger charge is -2.10. The highest BCUT2D eigenvalue weighted by atomic mass is 16.5. The fraction of sp³-hybridized carbons (Fsp3) is 0.182. The highest BCUT2D eigenvalue weighted by Crippen LogP contribution is 2.22. The van der Waals surface area contributed by atoms with Crippen molar-refractivity contribution in [3.63, 3.8) is 0 Å². The Morgan fingerprint density at radius 1 is 1.00 bits per heavy atom. The first-order valence-electron chi connectivity index (χ1n) is 9.04. The predicted molar refractivity (Wildman–Crippen MR) is 108 cm³/mol. The smallest absolute Gasteiger partial charge is 0.287 e. The lowest BCUT2D eigenvalue weighted by Crippen LogP contribution is -2.32. The van der Waals surface area contributed by atoms with E-state index in [-0.39, 0.29) is 24.8 Å². The van der Waals surface area contributed by atoms with Gasteiger partial charge in [0, 0.05) is 0 Å². The maximum Gasteiger partial charge on any atom is 0.287 e. The molecule has 0 aliphatic heterocycles. The Morgan fingerprint density at radius 3 is 2.52 bits per heavy atom. The van der Waals surface area contributed by atoms with Crippen LogP contribution in [0, 0.1) is 6.92 Å². The van der Waals surface area contributed by atoms with Gasteiger partial charge < -0.3 is 24.5 Å². The zero-order valence-corrected chi connectivity index (χ0v) is 16.2. The van der Waals surface area contributed by atoms with Gasteiger partial charge in [-0.25, -0.2) is 0 Å². The normalized spacial score (nSPS) is 10.3. The van der Waals surface area contributed by atoms with Crippen LogP contribution in [0.4, 0.5) is 5.69 Å². The Balaban J connectivity index is 1.48. The zero-order chi connectivity index (χ0) is 20.6. The number of aryl methyl sites for hydroxylation is 1. The molecule has 0 atom stereocenters. The average Bonchev–Trinajstić information content (AvgIpc) is 3.21. The monoisotopic (exact) mass is 394 g/mol. The quantitative estimate of drug-likeness (QED) is 0.610. The molecular formula is C22H22N2O5. The number of para-hydroxylation sites is 2. The van der Waals surface area contributed by atoms with Crippen LogP contribution in [0.5, 0.6) is 11.5 Å². The SMILES string of the molecule is COc1ccccc1NC(=O)CNC(=O)c1ccc(COc2ccc(C)cc2)o1. The predicted octanol–water partition coefficient (Wildman–Crippen LogP) is 3.54. The molecule has 0 radical (unpaired) electrons. The van der Waals surface area contributed by atoms with E-state index in [0.29, 0.717) is 22.9 Å². The Kier molecular flexibility index (Phi) is 6.52. The molecule has 3 rings (SSSR count). The highest BCUT2D eigenvalue weighted by molar-refractivity contribution is 5.98. The molecule has 0 spiro atoms. The molecule has 29 heavy (non-hydrogen) atoms. The van der Waals surface area contributed by atoms with E-state index in [4.69, 9.17) is 13.9 Å². The van der Waals surface area contributed by atoms with Crippen molar-refractivity contribution < 1.29 is 23.5 Å². The molecule has 0 saturated heterocycles. The topological polar surface area (TPSA) is 89.8 Å². The molecule has 0 aliphatic rings. The molecule has 0 fully saturated rings. The molecule has 1 aromatic heterocycles. The molecule has 2 aromatic carbocycles. The van der Waals surface area contributed by atoms with E-state index in [9.17, 15) is 9.59 Å². The second kappa shape index (κ2) is 9.45. The van der Waals surface area contributed by atoms with Crippen LogP contribution in [0.25, 0.3) is 0 Å². The Labute approximate surface area is 168 Å². The van der Waals surface area contributed by atoms with Crippen molar-refractivity contribution in [1.82, 2.24) is 5.32 Å². The minimum Gasteiger partial charge on any atom is -0.495 e. The second-order valence-electron chi connectivity index (χ2n) is 6.30. The van der Waals surface area contributed by atoms with Gasteiger partial charge in [0.05, 0.1) is 19.3 Å². The summed E-state index contributed by atoms with van der Waals surface area (Å²) in [5.41, 5.74) is 1.67. The van der Waals surface area contributed by atoms with Crippen molar-refractivity contribution in [2.75, 3.05) is 19.0 Å². The summed E-state index contributed by atoms with van der Waals surface area (Å²) in [6.45, 7) is 2.00. The number of anilines is 1. The van der Waals surface area contributed by atoms with Crippen LogP contribution in [0.15, 0.2) is 65.1 Å². The number of benzene rings is 2. The molecule has 7 heteroatoms. The first kappa shape index (κ1) is 20.0. The molecule has 0 aliphatic carbocycles. The summed E-state index contributed by atoms with van der Waals surface area (Å²) < 4.78 is 16.3. The van der Waals surface area contributed by atoms with Gasteiger partial charge in [-0.2, -0.15) is 0 Å². The van der Waals surface area contributed by atoms with Gasteiger partial charge in [0.25, 0.3) is 5.91 Å². The largest absolute Gasteiger partial charge is 0.495 e. The third kappa shape index (κ3) is 5.62. The maximum atomic E-state index is 12.2. The van der Waals surface area contributed by atoms with Gasteiger partial charge in [-0.3, -0.25) is 9.59 Å². The molecule has 0 unspecified atom stereocenters. The van der Waals surface area contributed by atoms with E-state index in [0.717, 1.165) is 5.56 Å². The Morgan fingerprint density at radius 2 is 1.76 bits per heavy atom. The summed E-state index contributed by atoms with van der Waals surface area (Å²) >= 11 is 0. The van der Waals surface area contributed by atoms with Crippen LogP contribution in [0.1, 0.15) is 21.9 Å². The van der Waals surface area contributed by atoms with E-state index >= 15 is 0 Å². The van der Waals surface area contributed by atoms with Crippen molar-refractivity contribution in [3.8, 4) is 11.5 Å². The van der Waals surface area contributed by atoms with Gasteiger partial charge in [0.15, 0.2) is 5.76 Å². The number of methoxy groups -OCH3 is 1. The summed E-state index contributed by atoms with van der Waals surface area (Å²) in [7, 11) is 1.52. The second-order valence-corrected chi connectivity index (χ2v) is 6.30. The van der Waals surface area contributed by atoms with Crippen LogP contribution in [-0.4, -0.2) is 25.5 Å². The van der Waals surface area contributed by atoms with E-state index in [1.165, 1.54) is 7.11 Å². The molecule has 0 bridgehead atoms. The minimum atomic E-state index is -0.484. The molecule has 1 heterocycles. The third-order valence-corrected chi connectivity index (χ3v) is 4.08. The summed E-state index contributed by atoms with van der Waals surface area (Å²) in [6.07, 6.45) is 0. The number of ether oxygens (including phenoxy) is 2. The number of rotatable bonds is 8. The van der Waals surface area contributed by atoms with Crippen molar-refractivity contribution in [3.05, 3.63) is 77.7 Å². The van der Waals surface area contributed by atoms with Gasteiger partial charge in [-0.15, -0.1) is 0 Å². The summed E-state index contributed by atoms with van der Waals surface area (Å²) in [5, 5.41) is 5.21. The van der Waals surface area contributed by atoms with Crippen LogP contribution in [0.2, 0.25) is 0 Å². The van der Waals surface area contributed by atoms with E-state index in [1.54, 1.807) is 36.4 Å². The molecular weight excluding hydrogens is 372 g/mol. The van der Waals surface area contributed by atoms with Gasteiger partial charge in [0.1, 0.15) is 23.9 Å². The number of furan rings is 1. The van der Waals surface area contributed by atoms with Crippen LogP contribution < -0.4 is 20.1 Å². The van der Waals surface area contributed by atoms with Crippen LogP contribution in [0.3, 0.4) is 0 Å². The number of carbonyl (C=O) groups is 2. The number of amides is 2. The number of nitrogens with one attached hydrogen (secondary N) is 2. The molecule has 150 valence electrons. The van der Waals surface area contributed by atoms with Crippen molar-refractivity contribution in [2.45, 2.75) is 13.5 Å². The molecule has 0 saturated carbocycles. The minimum absolute atomic E-state index is 0.109. The van der Waals surface area contributed by atoms with Crippen LogP contribution >= 0.6 is 0 Å². The third-order valence-electron chi connectivity index (χ3n) is 4.08. The van der Waals surface area contributed by atoms with E-state index in [1.807, 2.05) is 31.2 Å². The van der Waals surface area contributed by atoms with E-state index < -0.39 is 5.91 Å². The van der Waals surface area contributed by atoms with Crippen LogP contribution in [-0.2, 0) is 11.4 Å². The zero-order valence-electron chi connectivity index (χ0n) is 16.2. The molecule has 2 amide bonds. The van der Waals surface area contributed by atoms with Crippen molar-refractivity contribution in [1.29, 1.82) is 0 Å². The summed E-state index contributed by atoms with van der Waals surface area (Å²) in [4.78, 5) is 24.3. The standard InChI is InChI=1S/C22H22N2O5/c1-15-7-9-16(10-8-15)28-14-17-11-12-20(29-17)22(26)23-13-21(25)24-18-5-3-4-6-19(18)27-2/h3-12H,13-14H2,1-2H3,(H,23,26)(H,24,25). The molecule has 2 N–H and O–H groups in total. The molecule has 3 aromatic rings. The number of hydrogen-bond acceptors (Lipinski definition) is 5. The van der Waals surface area contributed by atoms with Gasteiger partial charge in [0.2, 0.25) is 5.91 Å². The average molecular weight is 394 g/mol. The van der Waals surface area contributed by atoms with E-state index in [2.05, 4.69) is 10.6 Å². The highest BCUT2D eigenvalue weighted by Gasteiger charge is 2.14. The van der Waals surface area contributed by atoms with Crippen molar-refractivity contribution >= 4 is 17.5 Å². The maximum absolute atomic E-state index is 12.2. The van der Waals surface area contributed by atoms with Gasteiger partial charge in [-0.05, 0) is 43.3 Å². The fourth-order valence-corrected chi connectivity index (χ4v) is 2.56. The Hall–Kier alpha value is -3.74. The lowest BCUT2D eigenvalue weighted by atomic mass is 10.2. The lowest BCUT2D eigenvalue weighted by molar-refractivity contribution is -0.115. The molecule has 7 nitrogen and oxygen atoms in total. The van der Waals surface area contributed by atoms with Gasteiger partial charge >= 0.3 is 0 Å². The Bertz CT molecular complexity index is 979. The van der Waals surface area contributed by atoms with Gasteiger partial charge in [-0.1, -0.05) is 29.8 Å².